The third-order valence-corrected chi connectivity index (χ3v) is 5.22. The average molecular weight is 361 g/mol. The van der Waals surface area contributed by atoms with E-state index in [0.717, 1.165) is 64.3 Å². The Hall–Kier alpha value is -3.01. The molecule has 1 heterocycles. The summed E-state index contributed by atoms with van der Waals surface area (Å²) in [6, 6.07) is 13.9. The Kier molecular flexibility index (Phi) is 4.48. The molecule has 0 atom stereocenters. The van der Waals surface area contributed by atoms with Gasteiger partial charge in [0.1, 0.15) is 11.5 Å². The zero-order valence-corrected chi connectivity index (χ0v) is 15.9. The Morgan fingerprint density at radius 2 is 1.63 bits per heavy atom. The monoisotopic (exact) mass is 361 g/mol. The van der Waals surface area contributed by atoms with E-state index in [-0.39, 0.29) is 5.56 Å². The first-order chi connectivity index (χ1) is 13.1. The van der Waals surface area contributed by atoms with Gasteiger partial charge in [0.25, 0.3) is 5.56 Å². The van der Waals surface area contributed by atoms with Crippen LogP contribution in [0.15, 0.2) is 53.5 Å². The molecule has 27 heavy (non-hydrogen) atoms. The van der Waals surface area contributed by atoms with Gasteiger partial charge in [0.2, 0.25) is 0 Å². The Labute approximate surface area is 159 Å². The van der Waals surface area contributed by atoms with Crippen LogP contribution in [-0.2, 0) is 12.8 Å². The maximum absolute atomic E-state index is 13.1. The number of aromatic nitrogens is 1. The van der Waals surface area contributed by atoms with Crippen molar-refractivity contribution in [2.45, 2.75) is 26.2 Å². The summed E-state index contributed by atoms with van der Waals surface area (Å²) in [6.45, 7) is 2.04. The highest BCUT2D eigenvalue weighted by Crippen LogP contribution is 2.35. The molecule has 4 nitrogen and oxygen atoms in total. The SMILES string of the molecule is COc1cc(OC)cc(-c2cn(-c3cccc(C)c3)c(=O)c3c2CCC3)c1. The molecule has 3 aromatic rings. The number of hydrogen-bond donors (Lipinski definition) is 0. The van der Waals surface area contributed by atoms with Crippen molar-refractivity contribution in [2.24, 2.45) is 0 Å². The lowest BCUT2D eigenvalue weighted by Gasteiger charge is -2.16. The number of aryl methyl sites for hydroxylation is 1. The topological polar surface area (TPSA) is 40.5 Å². The van der Waals surface area contributed by atoms with Crippen LogP contribution < -0.4 is 15.0 Å². The second-order valence-electron chi connectivity index (χ2n) is 6.97. The summed E-state index contributed by atoms with van der Waals surface area (Å²) in [5, 5.41) is 0. The predicted molar refractivity (Wildman–Crippen MR) is 107 cm³/mol. The van der Waals surface area contributed by atoms with E-state index < -0.39 is 0 Å². The lowest BCUT2D eigenvalue weighted by atomic mass is 9.98. The van der Waals surface area contributed by atoms with Crippen LogP contribution in [0, 0.1) is 6.92 Å². The maximum Gasteiger partial charge on any atom is 0.258 e. The summed E-state index contributed by atoms with van der Waals surface area (Å²) < 4.78 is 12.7. The van der Waals surface area contributed by atoms with Gasteiger partial charge in [-0.1, -0.05) is 12.1 Å². The third kappa shape index (κ3) is 3.12. The molecule has 0 bridgehead atoms. The summed E-state index contributed by atoms with van der Waals surface area (Å²) in [5.74, 6) is 1.48. The van der Waals surface area contributed by atoms with Crippen molar-refractivity contribution in [1.82, 2.24) is 4.57 Å². The van der Waals surface area contributed by atoms with E-state index >= 15 is 0 Å². The van der Waals surface area contributed by atoms with E-state index in [4.69, 9.17) is 9.47 Å². The lowest BCUT2D eigenvalue weighted by Crippen LogP contribution is -2.22. The molecule has 1 aromatic heterocycles. The van der Waals surface area contributed by atoms with Crippen LogP contribution in [0.3, 0.4) is 0 Å². The predicted octanol–water partition coefficient (Wildman–Crippen LogP) is 4.32. The van der Waals surface area contributed by atoms with Gasteiger partial charge >= 0.3 is 0 Å². The molecule has 4 heteroatoms. The zero-order valence-electron chi connectivity index (χ0n) is 15.9. The molecule has 1 aliphatic carbocycles. The van der Waals surface area contributed by atoms with Gasteiger partial charge in [-0.3, -0.25) is 9.36 Å². The van der Waals surface area contributed by atoms with E-state index in [1.165, 1.54) is 0 Å². The summed E-state index contributed by atoms with van der Waals surface area (Å²) in [5.41, 5.74) is 6.27. The van der Waals surface area contributed by atoms with Crippen LogP contribution >= 0.6 is 0 Å². The van der Waals surface area contributed by atoms with Gasteiger partial charge in [-0.25, -0.2) is 0 Å². The molecule has 0 aliphatic heterocycles. The van der Waals surface area contributed by atoms with Crippen molar-refractivity contribution >= 4 is 0 Å². The van der Waals surface area contributed by atoms with Crippen LogP contribution in [0.4, 0.5) is 0 Å². The van der Waals surface area contributed by atoms with E-state index in [1.807, 2.05) is 55.6 Å². The average Bonchev–Trinajstić information content (AvgIpc) is 3.18. The van der Waals surface area contributed by atoms with Gasteiger partial charge < -0.3 is 9.47 Å². The van der Waals surface area contributed by atoms with Crippen molar-refractivity contribution < 1.29 is 9.47 Å². The number of methoxy groups -OCH3 is 2. The molecule has 0 unspecified atom stereocenters. The molecule has 0 saturated heterocycles. The van der Waals surface area contributed by atoms with Crippen LogP contribution in [0.25, 0.3) is 16.8 Å². The summed E-state index contributed by atoms with van der Waals surface area (Å²) in [6.07, 6.45) is 4.73. The zero-order chi connectivity index (χ0) is 19.0. The highest BCUT2D eigenvalue weighted by atomic mass is 16.5. The summed E-state index contributed by atoms with van der Waals surface area (Å²) in [7, 11) is 3.30. The van der Waals surface area contributed by atoms with Crippen LogP contribution in [0.2, 0.25) is 0 Å². The molecule has 0 N–H and O–H groups in total. The van der Waals surface area contributed by atoms with Crippen LogP contribution in [-0.4, -0.2) is 18.8 Å². The fourth-order valence-electron chi connectivity index (χ4n) is 3.87. The molecule has 0 radical (unpaired) electrons. The van der Waals surface area contributed by atoms with Gasteiger partial charge in [0, 0.05) is 29.1 Å². The second-order valence-corrected chi connectivity index (χ2v) is 6.97. The number of ether oxygens (including phenoxy) is 2. The molecule has 2 aromatic carbocycles. The first-order valence-corrected chi connectivity index (χ1v) is 9.18. The van der Waals surface area contributed by atoms with Crippen molar-refractivity contribution in [3.05, 3.63) is 75.7 Å². The van der Waals surface area contributed by atoms with Crippen molar-refractivity contribution in [1.29, 1.82) is 0 Å². The van der Waals surface area contributed by atoms with Crippen molar-refractivity contribution in [2.75, 3.05) is 14.2 Å². The number of rotatable bonds is 4. The van der Waals surface area contributed by atoms with E-state index in [9.17, 15) is 4.79 Å². The number of nitrogens with zero attached hydrogens (tertiary/aromatic N) is 1. The minimum Gasteiger partial charge on any atom is -0.497 e. The Morgan fingerprint density at radius 1 is 0.926 bits per heavy atom. The van der Waals surface area contributed by atoms with Crippen molar-refractivity contribution in [3.8, 4) is 28.3 Å². The highest BCUT2D eigenvalue weighted by Gasteiger charge is 2.22. The van der Waals surface area contributed by atoms with Gasteiger partial charge in [0.05, 0.1) is 14.2 Å². The largest absolute Gasteiger partial charge is 0.497 e. The number of benzene rings is 2. The molecular weight excluding hydrogens is 338 g/mol. The summed E-state index contributed by atoms with van der Waals surface area (Å²) >= 11 is 0. The maximum atomic E-state index is 13.1. The van der Waals surface area contributed by atoms with Crippen molar-refractivity contribution in [3.63, 3.8) is 0 Å². The molecule has 0 amide bonds. The minimum absolute atomic E-state index is 0.0895. The molecular formula is C23H23NO3. The second kappa shape index (κ2) is 6.95. The number of pyridine rings is 1. The lowest BCUT2D eigenvalue weighted by molar-refractivity contribution is 0.394. The fraction of sp³-hybridized carbons (Fsp3) is 0.261. The molecule has 1 aliphatic rings. The van der Waals surface area contributed by atoms with Crippen LogP contribution in [0.1, 0.15) is 23.1 Å². The van der Waals surface area contributed by atoms with E-state index in [0.29, 0.717) is 0 Å². The molecule has 4 rings (SSSR count). The Morgan fingerprint density at radius 3 is 2.30 bits per heavy atom. The Bertz CT molecular complexity index is 1040. The van der Waals surface area contributed by atoms with E-state index in [2.05, 4.69) is 0 Å². The van der Waals surface area contributed by atoms with Gasteiger partial charge in [0.15, 0.2) is 0 Å². The molecule has 138 valence electrons. The van der Waals surface area contributed by atoms with Crippen LogP contribution in [0.5, 0.6) is 11.5 Å². The Balaban J connectivity index is 1.98. The molecule has 0 spiro atoms. The first-order valence-electron chi connectivity index (χ1n) is 9.18. The van der Waals surface area contributed by atoms with Gasteiger partial charge in [-0.15, -0.1) is 0 Å². The molecule has 0 saturated carbocycles. The number of fused-ring (bicyclic) bond motifs is 1. The molecule has 0 fully saturated rings. The van der Waals surface area contributed by atoms with Gasteiger partial charge in [-0.2, -0.15) is 0 Å². The normalized spacial score (nSPS) is 12.7. The number of hydrogen-bond acceptors (Lipinski definition) is 3. The smallest absolute Gasteiger partial charge is 0.258 e. The quantitative estimate of drug-likeness (QED) is 0.695. The van der Waals surface area contributed by atoms with Gasteiger partial charge in [-0.05, 0) is 67.1 Å². The van der Waals surface area contributed by atoms with E-state index in [1.54, 1.807) is 18.8 Å². The first kappa shape index (κ1) is 17.4. The minimum atomic E-state index is 0.0895. The standard InChI is InChI=1S/C23H23NO3/c1-15-6-4-7-17(10-15)24-14-22(20-8-5-9-21(20)23(24)25)16-11-18(26-2)13-19(12-16)27-3/h4,6-7,10-14H,5,8-9H2,1-3H3. The fourth-order valence-corrected chi connectivity index (χ4v) is 3.87. The highest BCUT2D eigenvalue weighted by molar-refractivity contribution is 5.72. The third-order valence-electron chi connectivity index (χ3n) is 5.22. The summed E-state index contributed by atoms with van der Waals surface area (Å²) in [4.78, 5) is 13.1.